The highest BCUT2D eigenvalue weighted by molar-refractivity contribution is 7.10. The Morgan fingerprint density at radius 3 is 2.72 bits per heavy atom. The minimum atomic E-state index is -0.231. The molecule has 1 heterocycles. The second-order valence-electron chi connectivity index (χ2n) is 4.94. The fourth-order valence-electron chi connectivity index (χ4n) is 1.85. The van der Waals surface area contributed by atoms with Crippen LogP contribution in [0.1, 0.15) is 25.3 Å². The Labute approximate surface area is 111 Å². The highest BCUT2D eigenvalue weighted by Crippen LogP contribution is 2.32. The average Bonchev–Trinajstić information content (AvgIpc) is 2.79. The van der Waals surface area contributed by atoms with Crippen molar-refractivity contribution < 1.29 is 4.39 Å². The Hall–Kier alpha value is -1.26. The molecule has 4 heteroatoms. The fourth-order valence-corrected chi connectivity index (χ4v) is 2.82. The highest BCUT2D eigenvalue weighted by atomic mass is 32.1. The molecule has 0 amide bonds. The van der Waals surface area contributed by atoms with Crippen LogP contribution >= 0.6 is 11.3 Å². The number of rotatable bonds is 4. The SMILES string of the molecule is CC(C)(CCN)c1nc(-c2ccccc2F)cs1. The van der Waals surface area contributed by atoms with E-state index in [1.54, 1.807) is 23.5 Å². The Bertz CT molecular complexity index is 534. The third-order valence-electron chi connectivity index (χ3n) is 3.00. The highest BCUT2D eigenvalue weighted by Gasteiger charge is 2.24. The zero-order valence-corrected chi connectivity index (χ0v) is 11.4. The van der Waals surface area contributed by atoms with Crippen LogP contribution < -0.4 is 5.73 Å². The van der Waals surface area contributed by atoms with Gasteiger partial charge in [-0.1, -0.05) is 26.0 Å². The van der Waals surface area contributed by atoms with Crippen molar-refractivity contribution in [3.63, 3.8) is 0 Å². The van der Waals surface area contributed by atoms with Gasteiger partial charge in [0.1, 0.15) is 5.82 Å². The third-order valence-corrected chi connectivity index (χ3v) is 4.21. The summed E-state index contributed by atoms with van der Waals surface area (Å²) < 4.78 is 13.7. The van der Waals surface area contributed by atoms with Gasteiger partial charge in [0, 0.05) is 16.4 Å². The first-order valence-corrected chi connectivity index (χ1v) is 6.83. The molecule has 2 rings (SSSR count). The topological polar surface area (TPSA) is 38.9 Å². The Balaban J connectivity index is 2.34. The summed E-state index contributed by atoms with van der Waals surface area (Å²) in [7, 11) is 0. The summed E-state index contributed by atoms with van der Waals surface area (Å²) in [5.74, 6) is -0.231. The maximum Gasteiger partial charge on any atom is 0.132 e. The van der Waals surface area contributed by atoms with Gasteiger partial charge in [0.15, 0.2) is 0 Å². The zero-order chi connectivity index (χ0) is 13.2. The van der Waals surface area contributed by atoms with Crippen LogP contribution in [0, 0.1) is 5.82 Å². The molecule has 1 aromatic heterocycles. The minimum absolute atomic E-state index is 0.0527. The van der Waals surface area contributed by atoms with Crippen LogP contribution in [0.25, 0.3) is 11.3 Å². The summed E-state index contributed by atoms with van der Waals surface area (Å²) in [6, 6.07) is 6.72. The van der Waals surface area contributed by atoms with E-state index < -0.39 is 0 Å². The van der Waals surface area contributed by atoms with Gasteiger partial charge in [-0.25, -0.2) is 9.37 Å². The molecule has 0 atom stereocenters. The summed E-state index contributed by atoms with van der Waals surface area (Å²) in [4.78, 5) is 4.55. The molecule has 2 aromatic rings. The Morgan fingerprint density at radius 1 is 1.33 bits per heavy atom. The molecule has 0 aliphatic heterocycles. The van der Waals surface area contributed by atoms with Gasteiger partial charge in [-0.15, -0.1) is 11.3 Å². The summed E-state index contributed by atoms with van der Waals surface area (Å²) in [5.41, 5.74) is 6.82. The number of halogens is 1. The minimum Gasteiger partial charge on any atom is -0.330 e. The molecule has 0 bridgehead atoms. The van der Waals surface area contributed by atoms with Crippen LogP contribution in [0.5, 0.6) is 0 Å². The summed E-state index contributed by atoms with van der Waals surface area (Å²) in [5, 5.41) is 2.91. The lowest BCUT2D eigenvalue weighted by molar-refractivity contribution is 0.485. The van der Waals surface area contributed by atoms with Crippen LogP contribution in [0.3, 0.4) is 0 Å². The second-order valence-corrected chi connectivity index (χ2v) is 5.80. The maximum atomic E-state index is 13.7. The standard InChI is InChI=1S/C14H17FN2S/c1-14(2,7-8-16)13-17-12(9-18-13)10-5-3-4-6-11(10)15/h3-6,9H,7-8,16H2,1-2H3. The normalized spacial score (nSPS) is 11.8. The summed E-state index contributed by atoms with van der Waals surface area (Å²) in [6.07, 6.45) is 0.872. The number of benzene rings is 1. The first-order chi connectivity index (χ1) is 8.54. The molecule has 2 nitrogen and oxygen atoms in total. The van der Waals surface area contributed by atoms with E-state index in [9.17, 15) is 4.39 Å². The van der Waals surface area contributed by atoms with Crippen molar-refractivity contribution in [3.05, 3.63) is 40.5 Å². The molecule has 96 valence electrons. The van der Waals surface area contributed by atoms with Crippen molar-refractivity contribution in [3.8, 4) is 11.3 Å². The smallest absolute Gasteiger partial charge is 0.132 e. The number of hydrogen-bond donors (Lipinski definition) is 1. The predicted octanol–water partition coefficient (Wildman–Crippen LogP) is 3.58. The molecule has 0 fully saturated rings. The molecule has 1 aromatic carbocycles. The van der Waals surface area contributed by atoms with Crippen LogP contribution in [0.2, 0.25) is 0 Å². The van der Waals surface area contributed by atoms with Crippen molar-refractivity contribution in [2.75, 3.05) is 6.54 Å². The van der Waals surface area contributed by atoms with Gasteiger partial charge >= 0.3 is 0 Å². The van der Waals surface area contributed by atoms with Crippen LogP contribution in [0.15, 0.2) is 29.6 Å². The van der Waals surface area contributed by atoms with Crippen molar-refractivity contribution >= 4 is 11.3 Å². The Morgan fingerprint density at radius 2 is 2.06 bits per heavy atom. The van der Waals surface area contributed by atoms with Gasteiger partial charge in [-0.3, -0.25) is 0 Å². The van der Waals surface area contributed by atoms with E-state index in [1.807, 2.05) is 11.4 Å². The van der Waals surface area contributed by atoms with Crippen LogP contribution in [-0.2, 0) is 5.41 Å². The summed E-state index contributed by atoms with van der Waals surface area (Å²) >= 11 is 1.57. The first-order valence-electron chi connectivity index (χ1n) is 5.95. The molecule has 0 saturated heterocycles. The van der Waals surface area contributed by atoms with Gasteiger partial charge in [0.05, 0.1) is 10.7 Å². The number of aromatic nitrogens is 1. The number of nitrogens with two attached hydrogens (primary N) is 1. The number of nitrogens with zero attached hydrogens (tertiary/aromatic N) is 1. The second kappa shape index (κ2) is 5.16. The molecule has 0 unspecified atom stereocenters. The molecule has 2 N–H and O–H groups in total. The number of hydrogen-bond acceptors (Lipinski definition) is 3. The lowest BCUT2D eigenvalue weighted by Crippen LogP contribution is -2.21. The van der Waals surface area contributed by atoms with E-state index in [0.29, 0.717) is 17.8 Å². The molecule has 0 radical (unpaired) electrons. The maximum absolute atomic E-state index is 13.7. The van der Waals surface area contributed by atoms with E-state index in [2.05, 4.69) is 18.8 Å². The van der Waals surface area contributed by atoms with Gasteiger partial charge in [0.25, 0.3) is 0 Å². The van der Waals surface area contributed by atoms with E-state index in [0.717, 1.165) is 11.4 Å². The van der Waals surface area contributed by atoms with E-state index in [-0.39, 0.29) is 11.2 Å². The van der Waals surface area contributed by atoms with Crippen LogP contribution in [0.4, 0.5) is 4.39 Å². The predicted molar refractivity (Wildman–Crippen MR) is 74.2 cm³/mol. The molecule has 0 aliphatic rings. The average molecular weight is 264 g/mol. The Kier molecular flexibility index (Phi) is 3.78. The lowest BCUT2D eigenvalue weighted by atomic mass is 9.90. The monoisotopic (exact) mass is 264 g/mol. The van der Waals surface area contributed by atoms with Gasteiger partial charge in [-0.2, -0.15) is 0 Å². The molecule has 0 spiro atoms. The molecular formula is C14H17FN2S. The van der Waals surface area contributed by atoms with Crippen molar-refractivity contribution in [1.29, 1.82) is 0 Å². The van der Waals surface area contributed by atoms with Gasteiger partial charge < -0.3 is 5.73 Å². The largest absolute Gasteiger partial charge is 0.330 e. The molecule has 18 heavy (non-hydrogen) atoms. The lowest BCUT2D eigenvalue weighted by Gasteiger charge is -2.20. The molecule has 0 aliphatic carbocycles. The van der Waals surface area contributed by atoms with E-state index in [1.165, 1.54) is 6.07 Å². The molecule has 0 saturated carbocycles. The van der Waals surface area contributed by atoms with Crippen molar-refractivity contribution in [2.45, 2.75) is 25.7 Å². The van der Waals surface area contributed by atoms with E-state index in [4.69, 9.17) is 5.73 Å². The molecular weight excluding hydrogens is 247 g/mol. The van der Waals surface area contributed by atoms with Crippen molar-refractivity contribution in [2.24, 2.45) is 5.73 Å². The van der Waals surface area contributed by atoms with E-state index >= 15 is 0 Å². The van der Waals surface area contributed by atoms with Gasteiger partial charge in [0.2, 0.25) is 0 Å². The first kappa shape index (κ1) is 13.2. The van der Waals surface area contributed by atoms with Crippen molar-refractivity contribution in [1.82, 2.24) is 4.98 Å². The summed E-state index contributed by atoms with van der Waals surface area (Å²) in [6.45, 7) is 4.86. The quantitative estimate of drug-likeness (QED) is 0.916. The van der Waals surface area contributed by atoms with Gasteiger partial charge in [-0.05, 0) is 25.1 Å². The van der Waals surface area contributed by atoms with Crippen LogP contribution in [-0.4, -0.2) is 11.5 Å². The number of thiazole rings is 1. The zero-order valence-electron chi connectivity index (χ0n) is 10.6. The fraction of sp³-hybridized carbons (Fsp3) is 0.357. The third kappa shape index (κ3) is 2.60.